The lowest BCUT2D eigenvalue weighted by Gasteiger charge is -2.27. The number of nitrogens with one attached hydrogen (secondary N) is 3. The maximum Gasteiger partial charge on any atom is 0.247 e. The van der Waals surface area contributed by atoms with Crippen LogP contribution in [0.2, 0.25) is 0 Å². The highest BCUT2D eigenvalue weighted by atomic mass is 16.5. The third kappa shape index (κ3) is 6.40. The summed E-state index contributed by atoms with van der Waals surface area (Å²) in [5, 5.41) is 6.48. The molecule has 4 aromatic rings. The van der Waals surface area contributed by atoms with E-state index in [1.165, 1.54) is 12.3 Å². The molecule has 1 saturated heterocycles. The van der Waals surface area contributed by atoms with E-state index in [4.69, 9.17) is 4.74 Å². The molecule has 0 radical (unpaired) electrons. The molecule has 1 aliphatic heterocycles. The predicted octanol–water partition coefficient (Wildman–Crippen LogP) is 4.19. The van der Waals surface area contributed by atoms with E-state index in [2.05, 4.69) is 48.1 Å². The topological polar surface area (TPSA) is 125 Å². The summed E-state index contributed by atoms with van der Waals surface area (Å²) in [4.78, 5) is 42.5. The molecule has 0 bridgehead atoms. The number of anilines is 3. The normalized spacial score (nSPS) is 12.8. The fourth-order valence-electron chi connectivity index (χ4n) is 4.01. The van der Waals surface area contributed by atoms with E-state index >= 15 is 0 Å². The maximum absolute atomic E-state index is 12.5. The molecule has 0 saturated carbocycles. The fourth-order valence-corrected chi connectivity index (χ4v) is 4.01. The number of hydrogen-bond acceptors (Lipinski definition) is 7. The van der Waals surface area contributed by atoms with Crippen LogP contribution in [0.25, 0.3) is 22.3 Å². The van der Waals surface area contributed by atoms with E-state index in [0.29, 0.717) is 30.3 Å². The Bertz CT molecular complexity index is 1390. The Hall–Kier alpha value is -4.57. The average molecular weight is 514 g/mol. The highest BCUT2D eigenvalue weighted by Crippen LogP contribution is 2.29. The lowest BCUT2D eigenvalue weighted by Crippen LogP contribution is -2.36. The molecule has 1 fully saturated rings. The van der Waals surface area contributed by atoms with Crippen molar-refractivity contribution in [3.05, 3.63) is 73.3 Å². The minimum atomic E-state index is -0.316. The van der Waals surface area contributed by atoms with Crippen molar-refractivity contribution in [1.29, 1.82) is 0 Å². The number of amides is 2. The first kappa shape index (κ1) is 26.5. The lowest BCUT2D eigenvalue weighted by atomic mass is 10.1. The highest BCUT2D eigenvalue weighted by molar-refractivity contribution is 5.98. The largest absolute Gasteiger partial charge is 0.378 e. The summed E-state index contributed by atoms with van der Waals surface area (Å²) in [5.41, 5.74) is 4.49. The van der Waals surface area contributed by atoms with E-state index in [1.54, 1.807) is 18.5 Å². The zero-order valence-electron chi connectivity index (χ0n) is 21.5. The molecule has 1 aliphatic rings. The maximum atomic E-state index is 12.5. The smallest absolute Gasteiger partial charge is 0.247 e. The average Bonchev–Trinajstić information content (AvgIpc) is 3.40. The number of aromatic amines is 1. The molecule has 3 N–H and O–H groups in total. The van der Waals surface area contributed by atoms with Crippen LogP contribution < -0.4 is 15.5 Å². The number of hydrogen-bond donors (Lipinski definition) is 3. The van der Waals surface area contributed by atoms with Gasteiger partial charge in [-0.25, -0.2) is 9.97 Å². The summed E-state index contributed by atoms with van der Waals surface area (Å²) in [6.45, 7) is 10.4. The van der Waals surface area contributed by atoms with Gasteiger partial charge in [0.25, 0.3) is 0 Å². The first-order valence-corrected chi connectivity index (χ1v) is 12.5. The van der Waals surface area contributed by atoms with E-state index < -0.39 is 0 Å². The molecule has 0 unspecified atom stereocenters. The Balaban J connectivity index is 0.00000164. The van der Waals surface area contributed by atoms with Crippen LogP contribution in [0.4, 0.5) is 17.2 Å². The quantitative estimate of drug-likeness (QED) is 0.317. The highest BCUT2D eigenvalue weighted by Gasteiger charge is 2.17. The zero-order chi connectivity index (χ0) is 26.9. The molecule has 0 atom stereocenters. The number of morpholine rings is 1. The van der Waals surface area contributed by atoms with Gasteiger partial charge in [-0.1, -0.05) is 32.6 Å². The number of rotatable bonds is 7. The van der Waals surface area contributed by atoms with Gasteiger partial charge in [0.15, 0.2) is 0 Å². The van der Waals surface area contributed by atoms with Gasteiger partial charge in [0.05, 0.1) is 36.9 Å². The number of ether oxygens (including phenoxy) is 1. The van der Waals surface area contributed by atoms with Gasteiger partial charge in [0.2, 0.25) is 11.8 Å². The number of fused-ring (bicyclic) bond motifs is 1. The summed E-state index contributed by atoms with van der Waals surface area (Å²) >= 11 is 0. The SMILES string of the molecule is C=CC(=O)Nc1ccc(CC(=O)Nc2ccc(-c3cc4c(N5CCOCC5)ncnc4[nH]3)cc2)nc1.CC. The summed E-state index contributed by atoms with van der Waals surface area (Å²) in [6, 6.07) is 13.0. The molecule has 38 heavy (non-hydrogen) atoms. The third-order valence-electron chi connectivity index (χ3n) is 5.81. The van der Waals surface area contributed by atoms with E-state index in [1.807, 2.05) is 38.1 Å². The Morgan fingerprint density at radius 1 is 1.03 bits per heavy atom. The van der Waals surface area contributed by atoms with Crippen LogP contribution in [0.3, 0.4) is 0 Å². The number of aromatic nitrogens is 4. The van der Waals surface area contributed by atoms with Crippen molar-refractivity contribution >= 4 is 40.0 Å². The van der Waals surface area contributed by atoms with Crippen LogP contribution in [-0.2, 0) is 20.7 Å². The Morgan fingerprint density at radius 2 is 1.76 bits per heavy atom. The van der Waals surface area contributed by atoms with Crippen LogP contribution in [0.5, 0.6) is 0 Å². The molecule has 2 amide bonds. The Labute approximate surface area is 221 Å². The molecule has 1 aromatic carbocycles. The summed E-state index contributed by atoms with van der Waals surface area (Å²) < 4.78 is 5.46. The Morgan fingerprint density at radius 3 is 2.45 bits per heavy atom. The molecule has 3 aromatic heterocycles. The summed E-state index contributed by atoms with van der Waals surface area (Å²) in [5.74, 6) is 0.400. The van der Waals surface area contributed by atoms with Gasteiger partial charge < -0.3 is 25.3 Å². The third-order valence-corrected chi connectivity index (χ3v) is 5.81. The summed E-state index contributed by atoms with van der Waals surface area (Å²) in [7, 11) is 0. The first-order chi connectivity index (χ1) is 18.6. The van der Waals surface area contributed by atoms with Gasteiger partial charge >= 0.3 is 0 Å². The second kappa shape index (κ2) is 12.6. The molecule has 0 aliphatic carbocycles. The fraction of sp³-hybridized carbons (Fsp3) is 0.250. The minimum Gasteiger partial charge on any atom is -0.378 e. The van der Waals surface area contributed by atoms with Gasteiger partial charge in [-0.05, 0) is 42.0 Å². The van der Waals surface area contributed by atoms with Gasteiger partial charge in [-0.15, -0.1) is 0 Å². The number of pyridine rings is 1. The van der Waals surface area contributed by atoms with Gasteiger partial charge in [0.1, 0.15) is 17.8 Å². The molecule has 4 heterocycles. The second-order valence-electron chi connectivity index (χ2n) is 8.28. The van der Waals surface area contributed by atoms with Crippen LogP contribution in [-0.4, -0.2) is 58.1 Å². The number of nitrogens with zero attached hydrogens (tertiary/aromatic N) is 4. The summed E-state index contributed by atoms with van der Waals surface area (Å²) in [6.07, 6.45) is 4.38. The van der Waals surface area contributed by atoms with Crippen molar-refractivity contribution in [2.24, 2.45) is 0 Å². The van der Waals surface area contributed by atoms with E-state index in [-0.39, 0.29) is 18.2 Å². The van der Waals surface area contributed by atoms with Crippen LogP contribution in [0.15, 0.2) is 67.6 Å². The molecular weight excluding hydrogens is 482 g/mol. The van der Waals surface area contributed by atoms with Crippen molar-refractivity contribution in [3.8, 4) is 11.3 Å². The monoisotopic (exact) mass is 513 g/mol. The van der Waals surface area contributed by atoms with Gasteiger partial charge in [-0.3, -0.25) is 14.6 Å². The molecular formula is C28H31N7O3. The number of H-pyrrole nitrogens is 1. The first-order valence-electron chi connectivity index (χ1n) is 12.5. The van der Waals surface area contributed by atoms with E-state index in [0.717, 1.165) is 41.2 Å². The van der Waals surface area contributed by atoms with Gasteiger partial charge in [-0.2, -0.15) is 0 Å². The van der Waals surface area contributed by atoms with Crippen molar-refractivity contribution in [3.63, 3.8) is 0 Å². The van der Waals surface area contributed by atoms with Crippen LogP contribution in [0.1, 0.15) is 19.5 Å². The minimum absolute atomic E-state index is 0.114. The molecule has 0 spiro atoms. The number of benzene rings is 1. The Kier molecular flexibility index (Phi) is 8.78. The lowest BCUT2D eigenvalue weighted by molar-refractivity contribution is -0.115. The predicted molar refractivity (Wildman–Crippen MR) is 149 cm³/mol. The molecule has 5 rings (SSSR count). The standard InChI is InChI=1S/C26H25N7O3.C2H6/c1-2-23(34)31-20-8-7-19(27-15-20)13-24(35)30-18-5-3-17(4-6-18)22-14-21-25(32-22)28-16-29-26(21)33-9-11-36-12-10-33;1-2/h2-8,14-16H,1,9-13H2,(H,30,35)(H,31,34)(H,28,29,32);1-2H3. The van der Waals surface area contributed by atoms with Crippen molar-refractivity contribution in [2.75, 3.05) is 41.8 Å². The van der Waals surface area contributed by atoms with Crippen molar-refractivity contribution in [1.82, 2.24) is 19.9 Å². The number of carbonyl (C=O) groups is 2. The molecule has 196 valence electrons. The van der Waals surface area contributed by atoms with Crippen LogP contribution >= 0.6 is 0 Å². The molecule has 10 heteroatoms. The van der Waals surface area contributed by atoms with Crippen LogP contribution in [0, 0.1) is 0 Å². The number of carbonyl (C=O) groups excluding carboxylic acids is 2. The molecule has 10 nitrogen and oxygen atoms in total. The van der Waals surface area contributed by atoms with Gasteiger partial charge in [0, 0.05) is 30.2 Å². The van der Waals surface area contributed by atoms with E-state index in [9.17, 15) is 9.59 Å². The van der Waals surface area contributed by atoms with Crippen molar-refractivity contribution in [2.45, 2.75) is 20.3 Å². The zero-order valence-corrected chi connectivity index (χ0v) is 21.5. The van der Waals surface area contributed by atoms with Crippen molar-refractivity contribution < 1.29 is 14.3 Å². The second-order valence-corrected chi connectivity index (χ2v) is 8.28.